The Bertz CT molecular complexity index is 544. The number of aromatic nitrogens is 1. The predicted octanol–water partition coefficient (Wildman–Crippen LogP) is 3.88. The van der Waals surface area contributed by atoms with Gasteiger partial charge in [0.1, 0.15) is 5.82 Å². The largest absolute Gasteiger partial charge is 0.381 e. The van der Waals surface area contributed by atoms with Crippen molar-refractivity contribution in [2.24, 2.45) is 0 Å². The quantitative estimate of drug-likeness (QED) is 0.892. The van der Waals surface area contributed by atoms with Crippen LogP contribution in [0.2, 0.25) is 0 Å². The summed E-state index contributed by atoms with van der Waals surface area (Å²) in [4.78, 5) is 6.45. The Morgan fingerprint density at radius 2 is 1.80 bits per heavy atom. The molecule has 20 heavy (non-hydrogen) atoms. The zero-order valence-corrected chi connectivity index (χ0v) is 12.7. The van der Waals surface area contributed by atoms with Crippen molar-refractivity contribution in [3.05, 3.63) is 53.7 Å². The summed E-state index contributed by atoms with van der Waals surface area (Å²) >= 11 is 0. The smallest absolute Gasteiger partial charge is 0.132 e. The van der Waals surface area contributed by atoms with E-state index < -0.39 is 0 Å². The number of nitrogens with one attached hydrogen (secondary N) is 1. The number of nitrogens with zero attached hydrogens (tertiary/aromatic N) is 2. The first-order chi connectivity index (χ1) is 9.58. The molecule has 3 nitrogen and oxygen atoms in total. The Labute approximate surface area is 121 Å². The summed E-state index contributed by atoms with van der Waals surface area (Å²) in [6.45, 7) is 5.20. The third-order valence-corrected chi connectivity index (χ3v) is 3.35. The molecule has 0 aliphatic carbocycles. The Morgan fingerprint density at radius 3 is 2.40 bits per heavy atom. The third-order valence-electron chi connectivity index (χ3n) is 3.35. The predicted molar refractivity (Wildman–Crippen MR) is 86.4 cm³/mol. The minimum Gasteiger partial charge on any atom is -0.381 e. The molecule has 3 heteroatoms. The lowest BCUT2D eigenvalue weighted by Gasteiger charge is -2.16. The van der Waals surface area contributed by atoms with Crippen LogP contribution in [0.5, 0.6) is 0 Å². The van der Waals surface area contributed by atoms with Gasteiger partial charge in [0.15, 0.2) is 0 Å². The van der Waals surface area contributed by atoms with E-state index in [-0.39, 0.29) is 0 Å². The number of hydrogen-bond donors (Lipinski definition) is 1. The highest BCUT2D eigenvalue weighted by Gasteiger charge is 2.05. The van der Waals surface area contributed by atoms with Gasteiger partial charge in [0, 0.05) is 38.1 Å². The Kier molecular flexibility index (Phi) is 4.61. The topological polar surface area (TPSA) is 28.2 Å². The van der Waals surface area contributed by atoms with Crippen LogP contribution in [0.3, 0.4) is 0 Å². The van der Waals surface area contributed by atoms with Gasteiger partial charge in [-0.2, -0.15) is 0 Å². The molecule has 2 aromatic rings. The van der Waals surface area contributed by atoms with E-state index in [2.05, 4.69) is 54.5 Å². The Hall–Kier alpha value is -2.03. The number of anilines is 2. The van der Waals surface area contributed by atoms with Crippen LogP contribution in [0.1, 0.15) is 30.9 Å². The van der Waals surface area contributed by atoms with Crippen molar-refractivity contribution < 1.29 is 0 Å². The highest BCUT2D eigenvalue weighted by molar-refractivity contribution is 5.50. The summed E-state index contributed by atoms with van der Waals surface area (Å²) < 4.78 is 0. The average molecular weight is 269 g/mol. The third kappa shape index (κ3) is 3.50. The van der Waals surface area contributed by atoms with Gasteiger partial charge in [0.05, 0.1) is 0 Å². The van der Waals surface area contributed by atoms with Crippen molar-refractivity contribution in [2.75, 3.05) is 24.3 Å². The van der Waals surface area contributed by atoms with E-state index in [9.17, 15) is 0 Å². The van der Waals surface area contributed by atoms with Crippen LogP contribution in [0.15, 0.2) is 42.6 Å². The highest BCUT2D eigenvalue weighted by Crippen LogP contribution is 2.19. The molecule has 0 fully saturated rings. The van der Waals surface area contributed by atoms with Crippen molar-refractivity contribution in [2.45, 2.75) is 26.3 Å². The maximum atomic E-state index is 4.41. The first-order valence-electron chi connectivity index (χ1n) is 7.03. The molecule has 1 N–H and O–H groups in total. The van der Waals surface area contributed by atoms with Crippen LogP contribution in [-0.4, -0.2) is 19.1 Å². The monoisotopic (exact) mass is 269 g/mol. The van der Waals surface area contributed by atoms with Crippen molar-refractivity contribution >= 4 is 11.5 Å². The summed E-state index contributed by atoms with van der Waals surface area (Å²) in [5.74, 6) is 1.58. The fourth-order valence-electron chi connectivity index (χ4n) is 2.15. The van der Waals surface area contributed by atoms with Gasteiger partial charge in [-0.3, -0.25) is 0 Å². The zero-order chi connectivity index (χ0) is 14.5. The molecule has 0 spiro atoms. The number of benzene rings is 1. The lowest BCUT2D eigenvalue weighted by atomic mass is 10.0. The molecule has 106 valence electrons. The minimum atomic E-state index is 0.572. The fourth-order valence-corrected chi connectivity index (χ4v) is 2.15. The standard InChI is InChI=1S/C17H23N3/c1-13(2)14-7-9-16(10-8-14)19-12-15-6-5-11-18-17(15)20(3)4/h5-11,13,19H,12H2,1-4H3. The van der Waals surface area contributed by atoms with Gasteiger partial charge >= 0.3 is 0 Å². The van der Waals surface area contributed by atoms with Crippen LogP contribution in [0.25, 0.3) is 0 Å². The molecular weight excluding hydrogens is 246 g/mol. The summed E-state index contributed by atoms with van der Waals surface area (Å²) in [7, 11) is 4.03. The van der Waals surface area contributed by atoms with Gasteiger partial charge in [-0.1, -0.05) is 32.0 Å². The van der Waals surface area contributed by atoms with Gasteiger partial charge in [-0.25, -0.2) is 4.98 Å². The molecule has 2 rings (SSSR count). The normalized spacial score (nSPS) is 10.7. The van der Waals surface area contributed by atoms with E-state index >= 15 is 0 Å². The molecule has 0 amide bonds. The minimum absolute atomic E-state index is 0.572. The summed E-state index contributed by atoms with van der Waals surface area (Å²) in [6, 6.07) is 12.7. The first-order valence-corrected chi connectivity index (χ1v) is 7.03. The molecule has 0 saturated heterocycles. The molecule has 0 bridgehead atoms. The van der Waals surface area contributed by atoms with E-state index in [0.29, 0.717) is 5.92 Å². The van der Waals surface area contributed by atoms with Crippen LogP contribution >= 0.6 is 0 Å². The first kappa shape index (κ1) is 14.4. The molecule has 0 aliphatic heterocycles. The van der Waals surface area contributed by atoms with E-state index in [0.717, 1.165) is 18.1 Å². The van der Waals surface area contributed by atoms with Crippen LogP contribution in [0.4, 0.5) is 11.5 Å². The summed E-state index contributed by atoms with van der Waals surface area (Å²) in [6.07, 6.45) is 1.83. The molecule has 0 aliphatic rings. The van der Waals surface area contributed by atoms with Gasteiger partial charge < -0.3 is 10.2 Å². The molecule has 1 aromatic heterocycles. The van der Waals surface area contributed by atoms with Crippen molar-refractivity contribution in [3.63, 3.8) is 0 Å². The number of hydrogen-bond acceptors (Lipinski definition) is 3. The molecule has 0 saturated carbocycles. The molecule has 1 heterocycles. The van der Waals surface area contributed by atoms with E-state index in [4.69, 9.17) is 0 Å². The summed E-state index contributed by atoms with van der Waals surface area (Å²) in [5, 5.41) is 3.46. The second-order valence-corrected chi connectivity index (χ2v) is 5.51. The van der Waals surface area contributed by atoms with Crippen molar-refractivity contribution in [1.82, 2.24) is 4.98 Å². The second-order valence-electron chi connectivity index (χ2n) is 5.51. The van der Waals surface area contributed by atoms with Gasteiger partial charge in [0.25, 0.3) is 0 Å². The van der Waals surface area contributed by atoms with Crippen LogP contribution < -0.4 is 10.2 Å². The van der Waals surface area contributed by atoms with E-state index in [1.54, 1.807) is 0 Å². The fraction of sp³-hybridized carbons (Fsp3) is 0.353. The zero-order valence-electron chi connectivity index (χ0n) is 12.7. The maximum Gasteiger partial charge on any atom is 0.132 e. The Morgan fingerprint density at radius 1 is 1.10 bits per heavy atom. The SMILES string of the molecule is CC(C)c1ccc(NCc2cccnc2N(C)C)cc1. The van der Waals surface area contributed by atoms with Crippen LogP contribution in [0, 0.1) is 0 Å². The molecule has 1 aromatic carbocycles. The second kappa shape index (κ2) is 6.42. The van der Waals surface area contributed by atoms with Crippen LogP contribution in [-0.2, 0) is 6.54 Å². The molecule has 0 atom stereocenters. The summed E-state index contributed by atoms with van der Waals surface area (Å²) in [5.41, 5.74) is 3.71. The molecule has 0 unspecified atom stereocenters. The van der Waals surface area contributed by atoms with E-state index in [1.807, 2.05) is 31.3 Å². The van der Waals surface area contributed by atoms with Gasteiger partial charge in [-0.15, -0.1) is 0 Å². The van der Waals surface area contributed by atoms with Crippen molar-refractivity contribution in [3.8, 4) is 0 Å². The average Bonchev–Trinajstić information content (AvgIpc) is 2.45. The number of rotatable bonds is 5. The molecular formula is C17H23N3. The lowest BCUT2D eigenvalue weighted by Crippen LogP contribution is -2.14. The maximum absolute atomic E-state index is 4.41. The van der Waals surface area contributed by atoms with Crippen molar-refractivity contribution in [1.29, 1.82) is 0 Å². The van der Waals surface area contributed by atoms with Gasteiger partial charge in [-0.05, 0) is 29.7 Å². The molecule has 0 radical (unpaired) electrons. The van der Waals surface area contributed by atoms with E-state index in [1.165, 1.54) is 11.1 Å². The number of pyridine rings is 1. The highest BCUT2D eigenvalue weighted by atomic mass is 15.1. The van der Waals surface area contributed by atoms with Gasteiger partial charge in [0.2, 0.25) is 0 Å². The lowest BCUT2D eigenvalue weighted by molar-refractivity contribution is 0.866. The Balaban J connectivity index is 2.05.